The number of nitrogens with one attached hydrogen (secondary N) is 1. The molecule has 0 heterocycles. The number of amides is 1. The molecule has 2 aromatic carbocycles. The van der Waals surface area contributed by atoms with Crippen LogP contribution in [0.4, 0.5) is 5.69 Å². The third-order valence-corrected chi connectivity index (χ3v) is 4.40. The van der Waals surface area contributed by atoms with Gasteiger partial charge in [-0.15, -0.1) is 12.4 Å². The second kappa shape index (κ2) is 8.12. The highest BCUT2D eigenvalue weighted by atomic mass is 35.5. The quantitative estimate of drug-likeness (QED) is 0.816. The Kier molecular flexibility index (Phi) is 6.15. The van der Waals surface area contributed by atoms with Crippen LogP contribution in [0.25, 0.3) is 0 Å². The van der Waals surface area contributed by atoms with Gasteiger partial charge in [0.2, 0.25) is 0 Å². The molecule has 2 aromatic rings. The number of carbonyl (C=O) groups excluding carboxylic acids is 1. The van der Waals surface area contributed by atoms with Crippen LogP contribution in [0, 0.1) is 0 Å². The summed E-state index contributed by atoms with van der Waals surface area (Å²) in [6.07, 6.45) is 2.95. The molecule has 0 fully saturated rings. The third kappa shape index (κ3) is 4.17. The fourth-order valence-corrected chi connectivity index (χ4v) is 3.16. The zero-order chi connectivity index (χ0) is 17.1. The maximum absolute atomic E-state index is 12.7. The number of hydrogen-bond donors (Lipinski definition) is 2. The smallest absolute Gasteiger partial charge is 0.252 e. The lowest BCUT2D eigenvalue weighted by molar-refractivity contribution is 0.0932. The molecule has 1 atom stereocenters. The number of fused-ring (bicyclic) bond motifs is 1. The van der Waals surface area contributed by atoms with E-state index in [0.717, 1.165) is 30.5 Å². The van der Waals surface area contributed by atoms with E-state index in [4.69, 9.17) is 15.2 Å². The predicted molar refractivity (Wildman–Crippen MR) is 101 cm³/mol. The van der Waals surface area contributed by atoms with E-state index in [2.05, 4.69) is 5.32 Å². The summed E-state index contributed by atoms with van der Waals surface area (Å²) in [5, 5.41) is 3.12. The molecule has 1 unspecified atom stereocenters. The van der Waals surface area contributed by atoms with Crippen LogP contribution >= 0.6 is 12.4 Å². The Hall–Kier alpha value is -2.40. The van der Waals surface area contributed by atoms with Gasteiger partial charge in [-0.05, 0) is 54.7 Å². The largest absolute Gasteiger partial charge is 0.497 e. The van der Waals surface area contributed by atoms with Gasteiger partial charge in [0, 0.05) is 17.3 Å². The normalized spacial score (nSPS) is 15.5. The molecular weight excluding hydrogens is 340 g/mol. The van der Waals surface area contributed by atoms with E-state index < -0.39 is 0 Å². The van der Waals surface area contributed by atoms with Gasteiger partial charge >= 0.3 is 0 Å². The summed E-state index contributed by atoms with van der Waals surface area (Å²) in [6, 6.07) is 11.1. The average Bonchev–Trinajstić information content (AvgIpc) is 2.61. The molecule has 6 heteroatoms. The highest BCUT2D eigenvalue weighted by molar-refractivity contribution is 5.95. The molecule has 0 saturated carbocycles. The van der Waals surface area contributed by atoms with Gasteiger partial charge in [-0.2, -0.15) is 0 Å². The van der Waals surface area contributed by atoms with Crippen molar-refractivity contribution in [2.45, 2.75) is 25.3 Å². The third-order valence-electron chi connectivity index (χ3n) is 4.40. The average molecular weight is 363 g/mol. The molecule has 1 amide bonds. The van der Waals surface area contributed by atoms with Crippen molar-refractivity contribution in [3.05, 3.63) is 53.1 Å². The Morgan fingerprint density at radius 3 is 2.44 bits per heavy atom. The van der Waals surface area contributed by atoms with Crippen molar-refractivity contribution in [2.24, 2.45) is 0 Å². The Labute approximate surface area is 153 Å². The molecule has 0 saturated heterocycles. The van der Waals surface area contributed by atoms with Crippen LogP contribution in [0.5, 0.6) is 11.5 Å². The van der Waals surface area contributed by atoms with Crippen molar-refractivity contribution in [3.8, 4) is 11.5 Å². The van der Waals surface area contributed by atoms with E-state index in [9.17, 15) is 4.79 Å². The van der Waals surface area contributed by atoms with Crippen molar-refractivity contribution >= 4 is 24.0 Å². The van der Waals surface area contributed by atoms with Crippen molar-refractivity contribution in [3.63, 3.8) is 0 Å². The molecule has 0 aromatic heterocycles. The lowest BCUT2D eigenvalue weighted by atomic mass is 9.87. The minimum Gasteiger partial charge on any atom is -0.497 e. The standard InChI is InChI=1S/C19H22N2O3.ClH/c1-23-15-9-13(10-16(11-15)24-2)19(22)21-18-5-3-4-12-8-14(20)6-7-17(12)18;/h6-11,18H,3-5,20H2,1-2H3,(H,21,22);1H. The maximum Gasteiger partial charge on any atom is 0.252 e. The van der Waals surface area contributed by atoms with Gasteiger partial charge in [0.15, 0.2) is 0 Å². The van der Waals surface area contributed by atoms with Crippen LogP contribution in [0.2, 0.25) is 0 Å². The number of nitrogens with two attached hydrogens (primary N) is 1. The van der Waals surface area contributed by atoms with Crippen molar-refractivity contribution in [1.82, 2.24) is 5.32 Å². The fraction of sp³-hybridized carbons (Fsp3) is 0.316. The molecule has 1 aliphatic rings. The summed E-state index contributed by atoms with van der Waals surface area (Å²) >= 11 is 0. The number of carbonyl (C=O) groups is 1. The van der Waals surface area contributed by atoms with Gasteiger partial charge < -0.3 is 20.5 Å². The summed E-state index contributed by atoms with van der Waals surface area (Å²) < 4.78 is 10.5. The first-order valence-electron chi connectivity index (χ1n) is 8.03. The van der Waals surface area contributed by atoms with Crippen molar-refractivity contribution in [2.75, 3.05) is 20.0 Å². The number of ether oxygens (including phenoxy) is 2. The lowest BCUT2D eigenvalue weighted by Gasteiger charge is -2.26. The van der Waals surface area contributed by atoms with Crippen LogP contribution in [0.3, 0.4) is 0 Å². The second-order valence-electron chi connectivity index (χ2n) is 5.98. The molecule has 0 aliphatic heterocycles. The van der Waals surface area contributed by atoms with Crippen molar-refractivity contribution in [1.29, 1.82) is 0 Å². The van der Waals surface area contributed by atoms with Gasteiger partial charge in [0.25, 0.3) is 5.91 Å². The van der Waals surface area contributed by atoms with E-state index in [1.54, 1.807) is 32.4 Å². The first-order valence-corrected chi connectivity index (χ1v) is 8.03. The maximum atomic E-state index is 12.7. The minimum atomic E-state index is -0.137. The summed E-state index contributed by atoms with van der Waals surface area (Å²) in [5.41, 5.74) is 9.52. The van der Waals surface area contributed by atoms with Gasteiger partial charge in [-0.1, -0.05) is 6.07 Å². The Bertz CT molecular complexity index is 742. The minimum absolute atomic E-state index is 0. The number of halogens is 1. The molecule has 3 rings (SSSR count). The molecule has 25 heavy (non-hydrogen) atoms. The topological polar surface area (TPSA) is 73.6 Å². The van der Waals surface area contributed by atoms with Crippen LogP contribution in [-0.4, -0.2) is 20.1 Å². The summed E-state index contributed by atoms with van der Waals surface area (Å²) in [6.45, 7) is 0. The van der Waals surface area contributed by atoms with E-state index in [1.165, 1.54) is 5.56 Å². The zero-order valence-electron chi connectivity index (χ0n) is 14.4. The number of aryl methyl sites for hydroxylation is 1. The van der Waals surface area contributed by atoms with E-state index in [-0.39, 0.29) is 24.4 Å². The molecule has 134 valence electrons. The van der Waals surface area contributed by atoms with Crippen LogP contribution in [-0.2, 0) is 6.42 Å². The SMILES string of the molecule is COc1cc(OC)cc(C(=O)NC2CCCc3cc(N)ccc32)c1.Cl. The highest BCUT2D eigenvalue weighted by Crippen LogP contribution is 2.31. The van der Waals surface area contributed by atoms with Gasteiger partial charge in [0.1, 0.15) is 11.5 Å². The van der Waals surface area contributed by atoms with Gasteiger partial charge in [-0.25, -0.2) is 0 Å². The molecule has 0 spiro atoms. The van der Waals surface area contributed by atoms with E-state index in [0.29, 0.717) is 17.1 Å². The van der Waals surface area contributed by atoms with E-state index in [1.807, 2.05) is 18.2 Å². The Balaban J connectivity index is 0.00000225. The number of benzene rings is 2. The molecule has 0 radical (unpaired) electrons. The number of anilines is 1. The van der Waals surface area contributed by atoms with Crippen molar-refractivity contribution < 1.29 is 14.3 Å². The molecule has 0 bridgehead atoms. The number of methoxy groups -OCH3 is 2. The Morgan fingerprint density at radius 1 is 1.12 bits per heavy atom. The highest BCUT2D eigenvalue weighted by Gasteiger charge is 2.22. The predicted octanol–water partition coefficient (Wildman–Crippen LogP) is 3.52. The van der Waals surface area contributed by atoms with Gasteiger partial charge in [-0.3, -0.25) is 4.79 Å². The molecular formula is C19H23ClN2O3. The zero-order valence-corrected chi connectivity index (χ0v) is 15.2. The monoisotopic (exact) mass is 362 g/mol. The number of nitrogen functional groups attached to an aromatic ring is 1. The van der Waals surface area contributed by atoms with Crippen LogP contribution in [0.15, 0.2) is 36.4 Å². The summed E-state index contributed by atoms with van der Waals surface area (Å²) in [4.78, 5) is 12.7. The summed E-state index contributed by atoms with van der Waals surface area (Å²) in [5.74, 6) is 1.05. The molecule has 5 nitrogen and oxygen atoms in total. The van der Waals surface area contributed by atoms with Gasteiger partial charge in [0.05, 0.1) is 20.3 Å². The second-order valence-corrected chi connectivity index (χ2v) is 5.98. The number of hydrogen-bond acceptors (Lipinski definition) is 4. The molecule has 3 N–H and O–H groups in total. The van der Waals surface area contributed by atoms with E-state index >= 15 is 0 Å². The first-order chi connectivity index (χ1) is 11.6. The first kappa shape index (κ1) is 18.9. The van der Waals surface area contributed by atoms with Crippen LogP contribution in [0.1, 0.15) is 40.4 Å². The van der Waals surface area contributed by atoms with Crippen LogP contribution < -0.4 is 20.5 Å². The Morgan fingerprint density at radius 2 is 1.80 bits per heavy atom. The molecule has 1 aliphatic carbocycles. The fourth-order valence-electron chi connectivity index (χ4n) is 3.16. The number of rotatable bonds is 4. The summed E-state index contributed by atoms with van der Waals surface area (Å²) in [7, 11) is 3.14. The lowest BCUT2D eigenvalue weighted by Crippen LogP contribution is -2.31.